The highest BCUT2D eigenvalue weighted by Gasteiger charge is 2.25. The number of aliphatic hydroxyl groups is 1. The van der Waals surface area contributed by atoms with Gasteiger partial charge in [0.2, 0.25) is 0 Å². The maximum Gasteiger partial charge on any atom is 0.151 e. The number of ether oxygens (including phenoxy) is 1. The van der Waals surface area contributed by atoms with Crippen molar-refractivity contribution >= 4 is 10.9 Å². The van der Waals surface area contributed by atoms with Crippen LogP contribution in [-0.4, -0.2) is 29.4 Å². The zero-order chi connectivity index (χ0) is 19.3. The summed E-state index contributed by atoms with van der Waals surface area (Å²) in [6.45, 7) is 0.487. The summed E-state index contributed by atoms with van der Waals surface area (Å²) in [5, 5.41) is 15.1. The lowest BCUT2D eigenvalue weighted by Crippen LogP contribution is -2.33. The number of nitrogens with zero attached hydrogens (tertiary/aromatic N) is 1. The summed E-state index contributed by atoms with van der Waals surface area (Å²) in [5.74, 6) is 1.56. The van der Waals surface area contributed by atoms with Crippen LogP contribution in [0.1, 0.15) is 11.6 Å². The van der Waals surface area contributed by atoms with Crippen LogP contribution in [0.4, 0.5) is 0 Å². The molecule has 3 aromatic carbocycles. The highest BCUT2D eigenvalue weighted by molar-refractivity contribution is 5.86. The molecular weight excluding hydrogens is 348 g/mol. The molecule has 4 nitrogen and oxygen atoms in total. The molecular formula is C24H24N2O2. The monoisotopic (exact) mass is 372 g/mol. The van der Waals surface area contributed by atoms with Crippen molar-refractivity contribution in [2.75, 3.05) is 13.6 Å². The molecule has 0 amide bonds. The summed E-state index contributed by atoms with van der Waals surface area (Å²) < 4.78 is 8.31. The molecule has 1 aromatic heterocycles. The van der Waals surface area contributed by atoms with Gasteiger partial charge in [0.05, 0.1) is 17.7 Å². The molecule has 142 valence electrons. The van der Waals surface area contributed by atoms with Gasteiger partial charge in [-0.1, -0.05) is 60.7 Å². The SMILES string of the molecule is CNCC(O)C(c1ccccc1)n1ccc2cccc(Oc3ccccc3)c21. The van der Waals surface area contributed by atoms with Crippen molar-refractivity contribution < 1.29 is 9.84 Å². The van der Waals surface area contributed by atoms with E-state index in [1.54, 1.807) is 0 Å². The quantitative estimate of drug-likeness (QED) is 0.498. The van der Waals surface area contributed by atoms with E-state index in [2.05, 4.69) is 34.1 Å². The van der Waals surface area contributed by atoms with Crippen molar-refractivity contribution in [1.29, 1.82) is 0 Å². The van der Waals surface area contributed by atoms with Crippen molar-refractivity contribution in [3.63, 3.8) is 0 Å². The fourth-order valence-corrected chi connectivity index (χ4v) is 3.65. The summed E-state index contributed by atoms with van der Waals surface area (Å²) in [6.07, 6.45) is 1.44. The van der Waals surface area contributed by atoms with Gasteiger partial charge in [-0.3, -0.25) is 0 Å². The van der Waals surface area contributed by atoms with E-state index in [0.717, 1.165) is 28.0 Å². The van der Waals surface area contributed by atoms with Crippen LogP contribution in [0.15, 0.2) is 91.1 Å². The molecule has 0 aliphatic carbocycles. The van der Waals surface area contributed by atoms with Crippen molar-refractivity contribution in [3.8, 4) is 11.5 Å². The lowest BCUT2D eigenvalue weighted by molar-refractivity contribution is 0.132. The molecule has 4 heteroatoms. The number of aliphatic hydroxyl groups excluding tert-OH is 1. The maximum absolute atomic E-state index is 11.0. The summed E-state index contributed by atoms with van der Waals surface area (Å²) in [7, 11) is 1.85. The first-order chi connectivity index (χ1) is 13.8. The molecule has 2 atom stereocenters. The number of fused-ring (bicyclic) bond motifs is 1. The molecule has 2 N–H and O–H groups in total. The van der Waals surface area contributed by atoms with Crippen LogP contribution in [0, 0.1) is 0 Å². The van der Waals surface area contributed by atoms with Crippen molar-refractivity contribution in [1.82, 2.24) is 9.88 Å². The number of likely N-dealkylation sites (N-methyl/N-ethyl adjacent to an activating group) is 1. The highest BCUT2D eigenvalue weighted by atomic mass is 16.5. The molecule has 0 bridgehead atoms. The normalized spacial score (nSPS) is 13.4. The van der Waals surface area contributed by atoms with Gasteiger partial charge in [-0.2, -0.15) is 0 Å². The van der Waals surface area contributed by atoms with Gasteiger partial charge in [0.1, 0.15) is 5.75 Å². The average Bonchev–Trinajstić information content (AvgIpc) is 3.15. The maximum atomic E-state index is 11.0. The van der Waals surface area contributed by atoms with Crippen molar-refractivity contribution in [2.45, 2.75) is 12.1 Å². The minimum Gasteiger partial charge on any atom is -0.455 e. The van der Waals surface area contributed by atoms with Crippen molar-refractivity contribution in [2.24, 2.45) is 0 Å². The lowest BCUT2D eigenvalue weighted by Gasteiger charge is -2.26. The molecule has 0 fully saturated rings. The van der Waals surface area contributed by atoms with Gasteiger partial charge in [-0.05, 0) is 36.9 Å². The number of aromatic nitrogens is 1. The van der Waals surface area contributed by atoms with Gasteiger partial charge in [-0.15, -0.1) is 0 Å². The Labute approximate surface area is 165 Å². The fourth-order valence-electron chi connectivity index (χ4n) is 3.65. The van der Waals surface area contributed by atoms with Gasteiger partial charge in [-0.25, -0.2) is 0 Å². The van der Waals surface area contributed by atoms with Crippen LogP contribution in [0.2, 0.25) is 0 Å². The smallest absolute Gasteiger partial charge is 0.151 e. The highest BCUT2D eigenvalue weighted by Crippen LogP contribution is 2.35. The third kappa shape index (κ3) is 3.65. The molecule has 2 unspecified atom stereocenters. The Hall–Kier alpha value is -3.08. The first kappa shape index (κ1) is 18.3. The first-order valence-corrected chi connectivity index (χ1v) is 9.48. The second-order valence-electron chi connectivity index (χ2n) is 6.81. The van der Waals surface area contributed by atoms with Crippen LogP contribution in [0.3, 0.4) is 0 Å². The molecule has 0 saturated carbocycles. The van der Waals surface area contributed by atoms with E-state index in [-0.39, 0.29) is 6.04 Å². The van der Waals surface area contributed by atoms with E-state index in [0.29, 0.717) is 6.54 Å². The molecule has 0 spiro atoms. The predicted octanol–water partition coefficient (Wildman–Crippen LogP) is 4.60. The summed E-state index contributed by atoms with van der Waals surface area (Å²) in [6, 6.07) is 27.7. The Balaban J connectivity index is 1.84. The number of hydrogen-bond acceptors (Lipinski definition) is 3. The number of benzene rings is 3. The van der Waals surface area contributed by atoms with Crippen LogP contribution < -0.4 is 10.1 Å². The van der Waals surface area contributed by atoms with Gasteiger partial charge in [0, 0.05) is 18.1 Å². The second kappa shape index (κ2) is 8.30. The third-order valence-electron chi connectivity index (χ3n) is 4.89. The largest absolute Gasteiger partial charge is 0.455 e. The number of hydrogen-bond donors (Lipinski definition) is 2. The Morgan fingerprint density at radius 1 is 0.893 bits per heavy atom. The summed E-state index contributed by atoms with van der Waals surface area (Å²) in [4.78, 5) is 0. The lowest BCUT2D eigenvalue weighted by atomic mass is 10.0. The Morgan fingerprint density at radius 2 is 1.61 bits per heavy atom. The molecule has 0 radical (unpaired) electrons. The van der Waals surface area contributed by atoms with Crippen LogP contribution >= 0.6 is 0 Å². The molecule has 28 heavy (non-hydrogen) atoms. The minimum absolute atomic E-state index is 0.230. The molecule has 0 saturated heterocycles. The fraction of sp³-hybridized carbons (Fsp3) is 0.167. The topological polar surface area (TPSA) is 46.4 Å². The second-order valence-corrected chi connectivity index (χ2v) is 6.81. The predicted molar refractivity (Wildman–Crippen MR) is 113 cm³/mol. The summed E-state index contributed by atoms with van der Waals surface area (Å²) in [5.41, 5.74) is 2.02. The van der Waals surface area contributed by atoms with Gasteiger partial charge >= 0.3 is 0 Å². The van der Waals surface area contributed by atoms with E-state index < -0.39 is 6.10 Å². The zero-order valence-corrected chi connectivity index (χ0v) is 15.8. The van der Waals surface area contributed by atoms with E-state index in [1.807, 2.05) is 73.9 Å². The van der Waals surface area contributed by atoms with Gasteiger partial charge in [0.25, 0.3) is 0 Å². The van der Waals surface area contributed by atoms with Crippen molar-refractivity contribution in [3.05, 3.63) is 96.7 Å². The Bertz CT molecular complexity index is 1030. The first-order valence-electron chi connectivity index (χ1n) is 9.48. The van der Waals surface area contributed by atoms with E-state index >= 15 is 0 Å². The molecule has 0 aliphatic heterocycles. The van der Waals surface area contributed by atoms with Crippen LogP contribution in [0.25, 0.3) is 10.9 Å². The van der Waals surface area contributed by atoms with E-state index in [4.69, 9.17) is 4.74 Å². The molecule has 0 aliphatic rings. The van der Waals surface area contributed by atoms with Crippen LogP contribution in [0.5, 0.6) is 11.5 Å². The molecule has 1 heterocycles. The van der Waals surface area contributed by atoms with E-state index in [1.165, 1.54) is 0 Å². The van der Waals surface area contributed by atoms with Gasteiger partial charge < -0.3 is 19.7 Å². The third-order valence-corrected chi connectivity index (χ3v) is 4.89. The van der Waals surface area contributed by atoms with Crippen LogP contribution in [-0.2, 0) is 0 Å². The number of nitrogens with one attached hydrogen (secondary N) is 1. The minimum atomic E-state index is -0.590. The molecule has 4 aromatic rings. The summed E-state index contributed by atoms with van der Waals surface area (Å²) >= 11 is 0. The zero-order valence-electron chi connectivity index (χ0n) is 15.8. The molecule has 4 rings (SSSR count). The number of rotatable bonds is 7. The average molecular weight is 372 g/mol. The van der Waals surface area contributed by atoms with Gasteiger partial charge in [0.15, 0.2) is 5.75 Å². The Kier molecular flexibility index (Phi) is 5.42. The number of para-hydroxylation sites is 2. The Morgan fingerprint density at radius 3 is 2.32 bits per heavy atom. The van der Waals surface area contributed by atoms with E-state index in [9.17, 15) is 5.11 Å². The standard InChI is InChI=1S/C24H24N2O2/c1-25-17-21(27)23(18-9-4-2-5-10-18)26-16-15-19-11-8-14-22(24(19)26)28-20-12-6-3-7-13-20/h2-16,21,23,25,27H,17H2,1H3.